The van der Waals surface area contributed by atoms with Crippen molar-refractivity contribution in [2.75, 3.05) is 0 Å². The SMILES string of the molecule is Cc1ccccc1-c1cccc2c1c1cccc(-c3ccccc3)c1c1ccnn12. The lowest BCUT2D eigenvalue weighted by molar-refractivity contribution is 1.01. The van der Waals surface area contributed by atoms with E-state index >= 15 is 0 Å². The van der Waals surface area contributed by atoms with Crippen molar-refractivity contribution in [3.8, 4) is 22.3 Å². The van der Waals surface area contributed by atoms with Crippen LogP contribution in [0.25, 0.3) is 49.4 Å². The van der Waals surface area contributed by atoms with Crippen molar-refractivity contribution < 1.29 is 0 Å². The Morgan fingerprint density at radius 2 is 1.23 bits per heavy atom. The lowest BCUT2D eigenvalue weighted by atomic mass is 9.91. The molecule has 0 bridgehead atoms. The Balaban J connectivity index is 1.86. The third-order valence-corrected chi connectivity index (χ3v) is 6.02. The highest BCUT2D eigenvalue weighted by atomic mass is 15.2. The van der Waals surface area contributed by atoms with Crippen LogP contribution in [0.2, 0.25) is 0 Å². The van der Waals surface area contributed by atoms with Crippen LogP contribution in [-0.4, -0.2) is 9.61 Å². The van der Waals surface area contributed by atoms with Crippen molar-refractivity contribution >= 4 is 27.2 Å². The maximum atomic E-state index is 4.71. The largest absolute Gasteiger partial charge is 0.232 e. The summed E-state index contributed by atoms with van der Waals surface area (Å²) in [5.41, 5.74) is 8.52. The Hall–Kier alpha value is -3.91. The van der Waals surface area contributed by atoms with E-state index in [1.807, 2.05) is 6.20 Å². The molecule has 4 aromatic carbocycles. The van der Waals surface area contributed by atoms with Crippen LogP contribution in [0.3, 0.4) is 0 Å². The highest BCUT2D eigenvalue weighted by molar-refractivity contribution is 6.21. The van der Waals surface area contributed by atoms with Gasteiger partial charge in [0.1, 0.15) is 0 Å². The molecule has 30 heavy (non-hydrogen) atoms. The molecule has 0 spiro atoms. The topological polar surface area (TPSA) is 17.3 Å². The van der Waals surface area contributed by atoms with E-state index < -0.39 is 0 Å². The molecule has 0 aliphatic rings. The maximum absolute atomic E-state index is 4.71. The molecular weight excluding hydrogens is 364 g/mol. The monoisotopic (exact) mass is 384 g/mol. The van der Waals surface area contributed by atoms with Crippen LogP contribution in [0.5, 0.6) is 0 Å². The van der Waals surface area contributed by atoms with E-state index in [9.17, 15) is 0 Å². The lowest BCUT2D eigenvalue weighted by Gasteiger charge is -2.16. The molecule has 0 N–H and O–H groups in total. The normalized spacial score (nSPS) is 11.5. The predicted octanol–water partition coefficient (Wildman–Crippen LogP) is 7.28. The van der Waals surface area contributed by atoms with Crippen LogP contribution in [0.4, 0.5) is 0 Å². The first-order chi connectivity index (χ1) is 14.8. The van der Waals surface area contributed by atoms with Gasteiger partial charge in [-0.25, -0.2) is 4.52 Å². The number of pyridine rings is 1. The van der Waals surface area contributed by atoms with Gasteiger partial charge in [-0.1, -0.05) is 84.9 Å². The third kappa shape index (κ3) is 2.40. The summed E-state index contributed by atoms with van der Waals surface area (Å²) in [4.78, 5) is 0. The fourth-order valence-corrected chi connectivity index (χ4v) is 4.68. The van der Waals surface area contributed by atoms with E-state index in [2.05, 4.69) is 109 Å². The zero-order valence-electron chi connectivity index (χ0n) is 16.7. The Kier molecular flexibility index (Phi) is 3.72. The highest BCUT2D eigenvalue weighted by Crippen LogP contribution is 2.40. The number of rotatable bonds is 2. The summed E-state index contributed by atoms with van der Waals surface area (Å²) >= 11 is 0. The van der Waals surface area contributed by atoms with E-state index in [0.29, 0.717) is 0 Å². The Morgan fingerprint density at radius 3 is 2.10 bits per heavy atom. The lowest BCUT2D eigenvalue weighted by Crippen LogP contribution is -1.96. The summed E-state index contributed by atoms with van der Waals surface area (Å²) in [5, 5.41) is 8.46. The quantitative estimate of drug-likeness (QED) is 0.287. The van der Waals surface area contributed by atoms with Crippen LogP contribution in [-0.2, 0) is 0 Å². The smallest absolute Gasteiger partial charge is 0.0753 e. The van der Waals surface area contributed by atoms with E-state index in [0.717, 1.165) is 11.0 Å². The van der Waals surface area contributed by atoms with Gasteiger partial charge < -0.3 is 0 Å². The van der Waals surface area contributed by atoms with Gasteiger partial charge in [0, 0.05) is 10.8 Å². The van der Waals surface area contributed by atoms with Crippen LogP contribution >= 0.6 is 0 Å². The summed E-state index contributed by atoms with van der Waals surface area (Å²) in [5.74, 6) is 0. The second-order valence-corrected chi connectivity index (χ2v) is 7.74. The van der Waals surface area contributed by atoms with Gasteiger partial charge in [-0.2, -0.15) is 5.10 Å². The Labute approximate surface area is 175 Å². The second kappa shape index (κ2) is 6.57. The summed E-state index contributed by atoms with van der Waals surface area (Å²) in [6.45, 7) is 2.18. The maximum Gasteiger partial charge on any atom is 0.0753 e. The second-order valence-electron chi connectivity index (χ2n) is 7.74. The first kappa shape index (κ1) is 17.0. The fourth-order valence-electron chi connectivity index (χ4n) is 4.68. The van der Waals surface area contributed by atoms with Gasteiger partial charge in [0.05, 0.1) is 17.2 Å². The average molecular weight is 384 g/mol. The molecule has 0 saturated heterocycles. The minimum Gasteiger partial charge on any atom is -0.232 e. The van der Waals surface area contributed by atoms with Gasteiger partial charge in [0.25, 0.3) is 0 Å². The fraction of sp³-hybridized carbons (Fsp3) is 0.0357. The number of nitrogens with zero attached hydrogens (tertiary/aromatic N) is 2. The van der Waals surface area contributed by atoms with Gasteiger partial charge in [-0.3, -0.25) is 0 Å². The minimum absolute atomic E-state index is 1.13. The van der Waals surface area contributed by atoms with Crippen LogP contribution in [0, 0.1) is 6.92 Å². The van der Waals surface area contributed by atoms with Crippen molar-refractivity contribution in [2.45, 2.75) is 6.92 Å². The number of benzene rings is 4. The number of aromatic nitrogens is 2. The van der Waals surface area contributed by atoms with Gasteiger partial charge in [0.15, 0.2) is 0 Å². The van der Waals surface area contributed by atoms with E-state index in [1.165, 1.54) is 44.0 Å². The molecule has 0 aliphatic carbocycles. The number of hydrogen-bond acceptors (Lipinski definition) is 1. The van der Waals surface area contributed by atoms with E-state index in [-0.39, 0.29) is 0 Å². The zero-order chi connectivity index (χ0) is 20.1. The molecule has 0 unspecified atom stereocenters. The molecule has 0 fully saturated rings. The van der Waals surface area contributed by atoms with Crippen molar-refractivity contribution in [2.24, 2.45) is 0 Å². The van der Waals surface area contributed by atoms with Crippen LogP contribution in [0.1, 0.15) is 5.56 Å². The van der Waals surface area contributed by atoms with E-state index in [1.54, 1.807) is 0 Å². The van der Waals surface area contributed by atoms with Crippen molar-refractivity contribution in [3.63, 3.8) is 0 Å². The molecule has 2 nitrogen and oxygen atoms in total. The molecule has 2 heteroatoms. The molecular formula is C28H20N2. The standard InChI is InChI=1S/C28H20N2/c1-19-9-5-6-12-21(19)23-14-8-16-25-28(23)24-15-7-13-22(20-10-3-2-4-11-20)27(24)26-17-18-29-30(25)26/h2-18H,1H3. The van der Waals surface area contributed by atoms with Gasteiger partial charge in [-0.15, -0.1) is 0 Å². The third-order valence-electron chi connectivity index (χ3n) is 6.02. The van der Waals surface area contributed by atoms with Crippen molar-refractivity contribution in [1.82, 2.24) is 9.61 Å². The summed E-state index contributed by atoms with van der Waals surface area (Å²) in [6, 6.07) is 34.5. The first-order valence-electron chi connectivity index (χ1n) is 10.3. The average Bonchev–Trinajstić information content (AvgIpc) is 3.30. The molecule has 0 amide bonds. The molecule has 6 rings (SSSR count). The highest BCUT2D eigenvalue weighted by Gasteiger charge is 2.16. The predicted molar refractivity (Wildman–Crippen MR) is 126 cm³/mol. The van der Waals surface area contributed by atoms with Gasteiger partial charge in [-0.05, 0) is 52.3 Å². The molecule has 142 valence electrons. The molecule has 0 atom stereocenters. The van der Waals surface area contributed by atoms with E-state index in [4.69, 9.17) is 5.10 Å². The molecule has 0 aliphatic heterocycles. The summed E-state index contributed by atoms with van der Waals surface area (Å²) < 4.78 is 2.09. The molecule has 6 aromatic rings. The first-order valence-corrected chi connectivity index (χ1v) is 10.3. The summed E-state index contributed by atoms with van der Waals surface area (Å²) in [7, 11) is 0. The Morgan fingerprint density at radius 1 is 0.567 bits per heavy atom. The molecule has 0 saturated carbocycles. The number of hydrogen-bond donors (Lipinski definition) is 0. The number of aryl methyl sites for hydroxylation is 1. The van der Waals surface area contributed by atoms with Crippen molar-refractivity contribution in [3.05, 3.63) is 109 Å². The number of fused-ring (bicyclic) bond motifs is 6. The molecule has 2 heterocycles. The van der Waals surface area contributed by atoms with Gasteiger partial charge in [0.2, 0.25) is 0 Å². The van der Waals surface area contributed by atoms with Crippen molar-refractivity contribution in [1.29, 1.82) is 0 Å². The van der Waals surface area contributed by atoms with Gasteiger partial charge >= 0.3 is 0 Å². The minimum atomic E-state index is 1.13. The summed E-state index contributed by atoms with van der Waals surface area (Å²) in [6.07, 6.45) is 1.90. The van der Waals surface area contributed by atoms with Crippen LogP contribution in [0.15, 0.2) is 103 Å². The van der Waals surface area contributed by atoms with Crippen LogP contribution < -0.4 is 0 Å². The Bertz CT molecular complexity index is 1540. The molecule has 0 radical (unpaired) electrons. The molecule has 2 aromatic heterocycles. The zero-order valence-corrected chi connectivity index (χ0v) is 16.7.